The molecule has 0 saturated heterocycles. The summed E-state index contributed by atoms with van der Waals surface area (Å²) in [5.41, 5.74) is 2.33. The zero-order chi connectivity index (χ0) is 24.1. The zero-order valence-electron chi connectivity index (χ0n) is 20.7. The van der Waals surface area contributed by atoms with Crippen LogP contribution in [0.5, 0.6) is 5.88 Å². The molecule has 172 valence electrons. The number of carboxylic acid groups (broad SMARTS) is 1. The summed E-state index contributed by atoms with van der Waals surface area (Å²) in [5.74, 6) is 0.304. The molecule has 0 amide bonds. The van der Waals surface area contributed by atoms with E-state index in [4.69, 9.17) is 9.84 Å². The van der Waals surface area contributed by atoms with E-state index in [-0.39, 0.29) is 11.8 Å². The maximum absolute atomic E-state index is 10.9. The number of aliphatic carboxylic acids is 1. The smallest absolute Gasteiger partial charge is 0.307 e. The topological polar surface area (TPSA) is 59.4 Å². The second-order valence-electron chi connectivity index (χ2n) is 5.27. The molecule has 0 aliphatic heterocycles. The van der Waals surface area contributed by atoms with Crippen LogP contribution in [0, 0.1) is 11.8 Å². The van der Waals surface area contributed by atoms with E-state index in [0.717, 1.165) is 12.0 Å². The lowest BCUT2D eigenvalue weighted by molar-refractivity contribution is -0.139. The number of fused-ring (bicyclic) bond motifs is 3. The third-order valence-corrected chi connectivity index (χ3v) is 3.94. The lowest BCUT2D eigenvalue weighted by Gasteiger charge is -2.07. The average molecular weight is 420 g/mol. The normalized spacial score (nSPS) is 18.2. The molecule has 0 aromatic carbocycles. The van der Waals surface area contributed by atoms with Gasteiger partial charge in [0.05, 0.1) is 12.5 Å². The minimum absolute atomic E-state index is 0.174. The second kappa shape index (κ2) is 21.4. The molecule has 2 aliphatic rings. The maximum Gasteiger partial charge on any atom is 0.307 e. The van der Waals surface area contributed by atoms with Crippen LogP contribution in [-0.2, 0) is 11.2 Å². The van der Waals surface area contributed by atoms with Gasteiger partial charge in [-0.05, 0) is 30.4 Å². The van der Waals surface area contributed by atoms with Crippen LogP contribution in [0.3, 0.4) is 0 Å². The molecule has 1 aromatic rings. The Hall–Kier alpha value is -2.36. The van der Waals surface area contributed by atoms with Crippen LogP contribution in [0.25, 0.3) is 0 Å². The van der Waals surface area contributed by atoms with Crippen LogP contribution in [0.15, 0.2) is 49.7 Å². The number of nitrogens with zero attached hydrogens (tertiary/aromatic N) is 1. The van der Waals surface area contributed by atoms with E-state index in [1.165, 1.54) is 5.56 Å². The predicted molar refractivity (Wildman–Crippen MR) is 131 cm³/mol. The molecule has 3 unspecified atom stereocenters. The van der Waals surface area contributed by atoms with Crippen molar-refractivity contribution in [2.24, 2.45) is 11.8 Å². The Morgan fingerprint density at radius 2 is 1.60 bits per heavy atom. The molecular formula is C26H45NO3. The van der Waals surface area contributed by atoms with Gasteiger partial charge in [0.25, 0.3) is 0 Å². The Bertz CT molecular complexity index is 598. The fourth-order valence-electron chi connectivity index (χ4n) is 2.99. The van der Waals surface area contributed by atoms with Crippen molar-refractivity contribution >= 4 is 5.97 Å². The van der Waals surface area contributed by atoms with Crippen molar-refractivity contribution in [3.05, 3.63) is 60.9 Å². The molecule has 1 heterocycles. The number of carboxylic acids is 1. The van der Waals surface area contributed by atoms with Crippen molar-refractivity contribution in [3.8, 4) is 5.88 Å². The molecule has 1 fully saturated rings. The maximum atomic E-state index is 10.9. The Morgan fingerprint density at radius 1 is 1.10 bits per heavy atom. The van der Waals surface area contributed by atoms with E-state index >= 15 is 0 Å². The predicted octanol–water partition coefficient (Wildman–Crippen LogP) is 7.47. The zero-order valence-corrected chi connectivity index (χ0v) is 20.7. The number of ether oxygens (including phenoxy) is 1. The van der Waals surface area contributed by atoms with E-state index in [1.807, 2.05) is 80.5 Å². The average Bonchev–Trinajstić information content (AvgIpc) is 3.41. The Morgan fingerprint density at radius 3 is 2.00 bits per heavy atom. The summed E-state index contributed by atoms with van der Waals surface area (Å²) >= 11 is 0. The summed E-state index contributed by atoms with van der Waals surface area (Å²) in [5, 5.41) is 8.98. The Balaban J connectivity index is -0.000000442. The molecule has 0 radical (unpaired) electrons. The van der Waals surface area contributed by atoms with Gasteiger partial charge in [0.15, 0.2) is 0 Å². The lowest BCUT2D eigenvalue weighted by Crippen LogP contribution is -2.06. The largest absolute Gasteiger partial charge is 0.481 e. The van der Waals surface area contributed by atoms with Crippen LogP contribution in [-0.4, -0.2) is 22.7 Å². The molecule has 1 N–H and O–H groups in total. The van der Waals surface area contributed by atoms with Crippen LogP contribution in [0.1, 0.15) is 79.4 Å². The highest BCUT2D eigenvalue weighted by Gasteiger charge is 2.59. The van der Waals surface area contributed by atoms with Crippen LogP contribution < -0.4 is 4.74 Å². The number of pyridine rings is 1. The Labute approximate surface area is 185 Å². The van der Waals surface area contributed by atoms with E-state index in [1.54, 1.807) is 18.3 Å². The van der Waals surface area contributed by atoms with Gasteiger partial charge in [-0.2, -0.15) is 0 Å². The lowest BCUT2D eigenvalue weighted by atomic mass is 10.0. The van der Waals surface area contributed by atoms with Gasteiger partial charge in [-0.25, -0.2) is 4.98 Å². The number of carbonyl (C=O) groups is 1. The fourth-order valence-corrected chi connectivity index (χ4v) is 2.99. The van der Waals surface area contributed by atoms with Crippen molar-refractivity contribution in [2.75, 3.05) is 6.61 Å². The van der Waals surface area contributed by atoms with Crippen molar-refractivity contribution in [1.82, 2.24) is 4.98 Å². The van der Waals surface area contributed by atoms with Gasteiger partial charge in [-0.1, -0.05) is 92.9 Å². The van der Waals surface area contributed by atoms with E-state index in [2.05, 4.69) is 18.1 Å². The van der Waals surface area contributed by atoms with Gasteiger partial charge in [0.2, 0.25) is 5.88 Å². The van der Waals surface area contributed by atoms with Gasteiger partial charge >= 0.3 is 5.97 Å². The minimum Gasteiger partial charge on any atom is -0.481 e. The van der Waals surface area contributed by atoms with Crippen molar-refractivity contribution in [3.63, 3.8) is 0 Å². The second-order valence-corrected chi connectivity index (χ2v) is 5.27. The SMILES string of the molecule is C=C/C=C\C=C.CC.CC.CC.CC.CCOc1cc2c(cn1)C1C(C2)C1C(=O)O. The van der Waals surface area contributed by atoms with Crippen molar-refractivity contribution in [1.29, 1.82) is 0 Å². The molecular weight excluding hydrogens is 374 g/mol. The molecule has 4 heteroatoms. The first-order valence-electron chi connectivity index (χ1n) is 11.4. The molecule has 3 atom stereocenters. The summed E-state index contributed by atoms with van der Waals surface area (Å²) in [6, 6.07) is 1.95. The third kappa shape index (κ3) is 10.4. The molecule has 2 aliphatic carbocycles. The first-order chi connectivity index (χ1) is 14.6. The molecule has 1 aromatic heterocycles. The van der Waals surface area contributed by atoms with Gasteiger partial charge in [-0.3, -0.25) is 4.79 Å². The molecule has 3 rings (SSSR count). The van der Waals surface area contributed by atoms with Crippen molar-refractivity contribution < 1.29 is 14.6 Å². The molecule has 0 spiro atoms. The molecule has 4 nitrogen and oxygen atoms in total. The number of aromatic nitrogens is 1. The highest BCUT2D eigenvalue weighted by Crippen LogP contribution is 2.61. The first kappa shape index (κ1) is 32.3. The minimum atomic E-state index is -0.672. The summed E-state index contributed by atoms with van der Waals surface area (Å²) in [6.07, 6.45) is 9.72. The number of hydrogen-bond donors (Lipinski definition) is 1. The fraction of sp³-hybridized carbons (Fsp3) is 0.538. The number of rotatable bonds is 5. The first-order valence-corrected chi connectivity index (χ1v) is 11.4. The van der Waals surface area contributed by atoms with Gasteiger partial charge < -0.3 is 9.84 Å². The standard InChI is InChI=1S/C12H13NO3.C6H8.4C2H6/c1-2-16-9-4-6-3-7-10(8(6)5-13-9)11(7)12(14)15;1-3-5-6-4-2;4*1-2/h4-5,7,10-11H,2-3H2,1H3,(H,14,15);3-6H,1-2H2;4*1-2H3/b;6-5-;;;;. The van der Waals surface area contributed by atoms with Crippen LogP contribution >= 0.6 is 0 Å². The van der Waals surface area contributed by atoms with E-state index in [9.17, 15) is 4.79 Å². The summed E-state index contributed by atoms with van der Waals surface area (Å²) in [6.45, 7) is 25.5. The highest BCUT2D eigenvalue weighted by molar-refractivity contribution is 5.77. The monoisotopic (exact) mass is 419 g/mol. The van der Waals surface area contributed by atoms with Gasteiger partial charge in [0.1, 0.15) is 0 Å². The van der Waals surface area contributed by atoms with Crippen molar-refractivity contribution in [2.45, 2.75) is 74.7 Å². The molecule has 1 saturated carbocycles. The third-order valence-electron chi connectivity index (χ3n) is 3.94. The van der Waals surface area contributed by atoms with Gasteiger partial charge in [0, 0.05) is 18.2 Å². The molecule has 30 heavy (non-hydrogen) atoms. The molecule has 0 bridgehead atoms. The van der Waals surface area contributed by atoms with Gasteiger partial charge in [-0.15, -0.1) is 0 Å². The number of allylic oxidation sites excluding steroid dienone is 4. The summed E-state index contributed by atoms with van der Waals surface area (Å²) < 4.78 is 5.33. The summed E-state index contributed by atoms with van der Waals surface area (Å²) in [7, 11) is 0. The quantitative estimate of drug-likeness (QED) is 0.503. The van der Waals surface area contributed by atoms with E-state index < -0.39 is 5.97 Å². The number of hydrogen-bond acceptors (Lipinski definition) is 3. The Kier molecular flexibility index (Phi) is 23.0. The van der Waals surface area contributed by atoms with Crippen LogP contribution in [0.4, 0.5) is 0 Å². The van der Waals surface area contributed by atoms with E-state index in [0.29, 0.717) is 18.4 Å². The summed E-state index contributed by atoms with van der Waals surface area (Å²) in [4.78, 5) is 15.1. The van der Waals surface area contributed by atoms with Crippen LogP contribution in [0.2, 0.25) is 0 Å². The highest BCUT2D eigenvalue weighted by atomic mass is 16.5.